The molecule has 3 aromatic carbocycles. The van der Waals surface area contributed by atoms with Crippen LogP contribution in [0.1, 0.15) is 5.56 Å². The molecule has 1 aromatic heterocycles. The first-order valence-corrected chi connectivity index (χ1v) is 9.74. The minimum atomic E-state index is -0.504. The van der Waals surface area contributed by atoms with Crippen LogP contribution in [0.25, 0.3) is 20.9 Å². The fourth-order valence-corrected chi connectivity index (χ4v) is 4.12. The Labute approximate surface area is 156 Å². The molecule has 0 amide bonds. The molecular weight excluding hydrogens is 342 g/mol. The summed E-state index contributed by atoms with van der Waals surface area (Å²) in [5.41, 5.74) is 1.26. The Morgan fingerprint density at radius 1 is 0.962 bits per heavy atom. The maximum absolute atomic E-state index is 10.3. The van der Waals surface area contributed by atoms with E-state index >= 15 is 0 Å². The second kappa shape index (κ2) is 7.87. The number of rotatable bonds is 7. The summed E-state index contributed by atoms with van der Waals surface area (Å²) >= 11 is 1.75. The van der Waals surface area contributed by atoms with Crippen LogP contribution >= 0.6 is 11.3 Å². The average Bonchev–Trinajstić information content (AvgIpc) is 3.16. The molecule has 1 heterocycles. The van der Waals surface area contributed by atoms with Crippen LogP contribution in [-0.2, 0) is 6.54 Å². The lowest BCUT2D eigenvalue weighted by molar-refractivity contribution is -0.676. The number of quaternary nitrogens is 1. The van der Waals surface area contributed by atoms with Crippen LogP contribution in [0.4, 0.5) is 0 Å². The van der Waals surface area contributed by atoms with E-state index < -0.39 is 6.10 Å². The van der Waals surface area contributed by atoms with Gasteiger partial charge in [0, 0.05) is 21.0 Å². The van der Waals surface area contributed by atoms with E-state index in [0.29, 0.717) is 13.2 Å². The molecule has 0 spiro atoms. The van der Waals surface area contributed by atoms with Gasteiger partial charge < -0.3 is 15.2 Å². The van der Waals surface area contributed by atoms with Crippen molar-refractivity contribution in [1.82, 2.24) is 0 Å². The predicted octanol–water partition coefficient (Wildman–Crippen LogP) is 3.56. The molecule has 4 rings (SSSR count). The molecule has 0 saturated heterocycles. The number of aliphatic hydroxyl groups is 1. The predicted molar refractivity (Wildman–Crippen MR) is 108 cm³/mol. The quantitative estimate of drug-likeness (QED) is 0.527. The van der Waals surface area contributed by atoms with Gasteiger partial charge in [-0.2, -0.15) is 0 Å². The second-order valence-corrected chi connectivity index (χ2v) is 7.35. The highest BCUT2D eigenvalue weighted by molar-refractivity contribution is 7.18. The van der Waals surface area contributed by atoms with Crippen molar-refractivity contribution in [2.75, 3.05) is 13.2 Å². The van der Waals surface area contributed by atoms with E-state index in [9.17, 15) is 5.11 Å². The largest absolute Gasteiger partial charge is 0.490 e. The van der Waals surface area contributed by atoms with Gasteiger partial charge >= 0.3 is 0 Å². The Balaban J connectivity index is 1.40. The third-order valence-electron chi connectivity index (χ3n) is 4.51. The zero-order chi connectivity index (χ0) is 17.8. The molecule has 0 radical (unpaired) electrons. The molecule has 4 aromatic rings. The summed E-state index contributed by atoms with van der Waals surface area (Å²) in [5, 5.41) is 18.0. The van der Waals surface area contributed by atoms with Crippen molar-refractivity contribution in [2.24, 2.45) is 0 Å². The van der Waals surface area contributed by atoms with Gasteiger partial charge in [0.15, 0.2) is 0 Å². The van der Waals surface area contributed by atoms with Crippen LogP contribution in [0.15, 0.2) is 72.1 Å². The van der Waals surface area contributed by atoms with Crippen molar-refractivity contribution in [2.45, 2.75) is 12.6 Å². The summed E-state index contributed by atoms with van der Waals surface area (Å²) in [7, 11) is 0. The fourth-order valence-electron chi connectivity index (χ4n) is 3.20. The highest BCUT2D eigenvalue weighted by Gasteiger charge is 2.12. The maximum atomic E-state index is 10.3. The standard InChI is InChI=1S/C22H21NO2S/c24-18(14-23-13-16-6-2-1-3-7-16)15-25-21-12-17-10-11-26-22(17)20-9-5-4-8-19(20)21/h1-12,18,23-24H,13-15H2/p+1/t18-/m1/s1. The highest BCUT2D eigenvalue weighted by atomic mass is 32.1. The van der Waals surface area contributed by atoms with Gasteiger partial charge in [0.1, 0.15) is 31.5 Å². The van der Waals surface area contributed by atoms with E-state index in [2.05, 4.69) is 53.2 Å². The summed E-state index contributed by atoms with van der Waals surface area (Å²) in [6.45, 7) is 1.78. The zero-order valence-electron chi connectivity index (χ0n) is 14.5. The van der Waals surface area contributed by atoms with Crippen LogP contribution in [0.2, 0.25) is 0 Å². The molecule has 0 aliphatic rings. The van der Waals surface area contributed by atoms with E-state index in [1.54, 1.807) is 11.3 Å². The topological polar surface area (TPSA) is 46.1 Å². The van der Waals surface area contributed by atoms with E-state index in [1.807, 2.05) is 24.3 Å². The number of thiophene rings is 1. The summed E-state index contributed by atoms with van der Waals surface area (Å²) in [5.74, 6) is 0.841. The van der Waals surface area contributed by atoms with E-state index in [0.717, 1.165) is 17.7 Å². The lowest BCUT2D eigenvalue weighted by Gasteiger charge is -2.14. The second-order valence-electron chi connectivity index (χ2n) is 6.44. The summed E-state index contributed by atoms with van der Waals surface area (Å²) < 4.78 is 7.28. The maximum Gasteiger partial charge on any atom is 0.137 e. The molecule has 26 heavy (non-hydrogen) atoms. The molecule has 0 fully saturated rings. The Kier molecular flexibility index (Phi) is 5.16. The Morgan fingerprint density at radius 2 is 1.73 bits per heavy atom. The Hall–Kier alpha value is -2.40. The number of ether oxygens (including phenoxy) is 1. The van der Waals surface area contributed by atoms with Crippen molar-refractivity contribution in [3.05, 3.63) is 77.7 Å². The monoisotopic (exact) mass is 364 g/mol. The van der Waals surface area contributed by atoms with Gasteiger partial charge in [-0.3, -0.25) is 0 Å². The summed E-state index contributed by atoms with van der Waals surface area (Å²) in [4.78, 5) is 0. The lowest BCUT2D eigenvalue weighted by Crippen LogP contribution is -2.85. The fraction of sp³-hybridized carbons (Fsp3) is 0.182. The molecule has 1 atom stereocenters. The number of hydrogen-bond acceptors (Lipinski definition) is 3. The lowest BCUT2D eigenvalue weighted by atomic mass is 10.1. The van der Waals surface area contributed by atoms with Crippen LogP contribution < -0.4 is 10.1 Å². The molecule has 0 unspecified atom stereocenters. The molecule has 0 aliphatic heterocycles. The van der Waals surface area contributed by atoms with Gasteiger partial charge in [-0.05, 0) is 22.9 Å². The van der Waals surface area contributed by atoms with Crippen LogP contribution in [-0.4, -0.2) is 24.4 Å². The number of hydrogen-bond donors (Lipinski definition) is 2. The molecule has 3 nitrogen and oxygen atoms in total. The van der Waals surface area contributed by atoms with Crippen LogP contribution in [0.5, 0.6) is 5.75 Å². The average molecular weight is 364 g/mol. The number of fused-ring (bicyclic) bond motifs is 3. The van der Waals surface area contributed by atoms with Gasteiger partial charge in [0.25, 0.3) is 0 Å². The van der Waals surface area contributed by atoms with Gasteiger partial charge in [-0.25, -0.2) is 0 Å². The minimum Gasteiger partial charge on any atom is -0.490 e. The Morgan fingerprint density at radius 3 is 2.58 bits per heavy atom. The molecule has 0 saturated carbocycles. The first-order valence-electron chi connectivity index (χ1n) is 8.86. The first kappa shape index (κ1) is 17.0. The van der Waals surface area contributed by atoms with E-state index in [1.165, 1.54) is 21.0 Å². The van der Waals surface area contributed by atoms with Gasteiger partial charge in [-0.1, -0.05) is 54.6 Å². The van der Waals surface area contributed by atoms with E-state index in [-0.39, 0.29) is 0 Å². The smallest absolute Gasteiger partial charge is 0.137 e. The van der Waals surface area contributed by atoms with Crippen molar-refractivity contribution in [1.29, 1.82) is 0 Å². The number of aliphatic hydroxyl groups excluding tert-OH is 1. The van der Waals surface area contributed by atoms with Gasteiger partial charge in [-0.15, -0.1) is 11.3 Å². The van der Waals surface area contributed by atoms with Crippen LogP contribution in [0, 0.1) is 0 Å². The molecule has 0 bridgehead atoms. The summed E-state index contributed by atoms with van der Waals surface area (Å²) in [6, 6.07) is 22.8. The number of nitrogens with two attached hydrogens (primary N) is 1. The highest BCUT2D eigenvalue weighted by Crippen LogP contribution is 2.36. The van der Waals surface area contributed by atoms with Crippen molar-refractivity contribution >= 4 is 32.2 Å². The Bertz CT molecular complexity index is 997. The molecule has 0 aliphatic carbocycles. The molecular formula is C22H22NO2S+. The van der Waals surface area contributed by atoms with Gasteiger partial charge in [0.2, 0.25) is 0 Å². The normalized spacial score (nSPS) is 12.5. The molecule has 4 heteroatoms. The van der Waals surface area contributed by atoms with Gasteiger partial charge in [0.05, 0.1) is 0 Å². The van der Waals surface area contributed by atoms with E-state index in [4.69, 9.17) is 4.74 Å². The zero-order valence-corrected chi connectivity index (χ0v) is 15.3. The number of benzene rings is 3. The van der Waals surface area contributed by atoms with Crippen molar-refractivity contribution in [3.63, 3.8) is 0 Å². The first-order chi connectivity index (χ1) is 12.8. The third-order valence-corrected chi connectivity index (χ3v) is 5.48. The molecule has 3 N–H and O–H groups in total. The van der Waals surface area contributed by atoms with Crippen molar-refractivity contribution < 1.29 is 15.2 Å². The molecule has 132 valence electrons. The SMILES string of the molecule is O[C@H](C[NH2+]Cc1ccccc1)COc1cc2ccsc2c2ccccc12. The minimum absolute atomic E-state index is 0.297. The third kappa shape index (κ3) is 3.73. The van der Waals surface area contributed by atoms with Crippen LogP contribution in [0.3, 0.4) is 0 Å². The van der Waals surface area contributed by atoms with Crippen molar-refractivity contribution in [3.8, 4) is 5.75 Å². The summed E-state index contributed by atoms with van der Waals surface area (Å²) in [6.07, 6.45) is -0.504.